The van der Waals surface area contributed by atoms with E-state index in [-0.39, 0.29) is 36.4 Å². The van der Waals surface area contributed by atoms with E-state index in [0.717, 1.165) is 57.0 Å². The molecule has 2 aliphatic heterocycles. The van der Waals surface area contributed by atoms with Crippen molar-refractivity contribution in [3.8, 4) is 0 Å². The second-order valence-corrected chi connectivity index (χ2v) is 9.90. The first-order valence-corrected chi connectivity index (χ1v) is 12.4. The molecule has 4 heterocycles. The van der Waals surface area contributed by atoms with Gasteiger partial charge < -0.3 is 15.5 Å². The van der Waals surface area contributed by atoms with Crippen molar-refractivity contribution in [2.75, 3.05) is 38.0 Å². The molecular formula is C23H31Cl4N7O. The Morgan fingerprint density at radius 1 is 1.11 bits per heavy atom. The average Bonchev–Trinajstić information content (AvgIpc) is 3.26. The minimum atomic E-state index is -0.176. The second kappa shape index (κ2) is 12.6. The molecule has 2 aliphatic rings. The third-order valence-corrected chi connectivity index (χ3v) is 7.46. The number of nitrogens with zero attached hydrogens (tertiary/aromatic N) is 4. The van der Waals surface area contributed by atoms with E-state index in [9.17, 15) is 4.79 Å². The number of likely N-dealkylation sites (tertiary alicyclic amines) is 1. The Morgan fingerprint density at radius 3 is 2.63 bits per heavy atom. The number of rotatable bonds is 6. The van der Waals surface area contributed by atoms with Gasteiger partial charge >= 0.3 is 0 Å². The Bertz CT molecular complexity index is 1170. The first kappa shape index (κ1) is 28.0. The number of hydrogen-bond acceptors (Lipinski definition) is 6. The van der Waals surface area contributed by atoms with Crippen LogP contribution in [0.2, 0.25) is 10.0 Å². The number of anilines is 1. The van der Waals surface area contributed by atoms with Crippen LogP contribution in [0.1, 0.15) is 37.3 Å². The maximum atomic E-state index is 12.9. The smallest absolute Gasteiger partial charge is 0.278 e. The minimum absolute atomic E-state index is 0. The van der Waals surface area contributed by atoms with Crippen molar-refractivity contribution >= 4 is 65.0 Å². The summed E-state index contributed by atoms with van der Waals surface area (Å²) in [5, 5.41) is 12.2. The van der Waals surface area contributed by atoms with Gasteiger partial charge in [0.15, 0.2) is 5.52 Å². The Morgan fingerprint density at radius 2 is 1.91 bits per heavy atom. The molecule has 2 fully saturated rings. The second-order valence-electron chi connectivity index (χ2n) is 9.08. The van der Waals surface area contributed by atoms with Gasteiger partial charge in [0.05, 0.1) is 22.3 Å². The molecule has 2 saturated heterocycles. The van der Waals surface area contributed by atoms with Crippen LogP contribution in [0, 0.1) is 5.92 Å². The highest BCUT2D eigenvalue weighted by Crippen LogP contribution is 2.26. The lowest BCUT2D eigenvalue weighted by Crippen LogP contribution is -2.42. The lowest BCUT2D eigenvalue weighted by molar-refractivity contribution is 0.149. The standard InChI is InChI=1S/C23H29Cl2N7O.2ClH/c24-18-4-3-15(10-19(18)25)12-27-23-29-20-13-28-32(21(20)22(33)30-23)17-5-8-31(9-6-17)14-16-2-1-7-26-11-16;;/h3-4,10,13,16-17,26H,1-2,5-9,11-12,14H2,(H2,27,29,30,33);2*1H. The number of halogens is 4. The van der Waals surface area contributed by atoms with E-state index in [2.05, 4.69) is 30.6 Å². The number of aromatic nitrogens is 4. The minimum Gasteiger partial charge on any atom is -0.352 e. The van der Waals surface area contributed by atoms with Crippen molar-refractivity contribution in [2.24, 2.45) is 5.92 Å². The van der Waals surface area contributed by atoms with Crippen LogP contribution in [-0.2, 0) is 6.54 Å². The van der Waals surface area contributed by atoms with Crippen LogP contribution in [0.15, 0.2) is 29.2 Å². The van der Waals surface area contributed by atoms with Gasteiger partial charge in [0, 0.05) is 26.2 Å². The van der Waals surface area contributed by atoms with E-state index in [4.69, 9.17) is 23.2 Å². The summed E-state index contributed by atoms with van der Waals surface area (Å²) >= 11 is 12.1. The Kier molecular flexibility index (Phi) is 10.1. The normalized spacial score (nSPS) is 19.2. The number of piperidine rings is 2. The molecule has 2 aromatic heterocycles. The molecule has 5 rings (SSSR count). The molecule has 3 N–H and O–H groups in total. The van der Waals surface area contributed by atoms with Gasteiger partial charge in [0.25, 0.3) is 5.56 Å². The zero-order valence-corrected chi connectivity index (χ0v) is 22.4. The summed E-state index contributed by atoms with van der Waals surface area (Å²) in [7, 11) is 0. The fraction of sp³-hybridized carbons (Fsp3) is 0.522. The van der Waals surface area contributed by atoms with Crippen LogP contribution in [0.3, 0.4) is 0 Å². The van der Waals surface area contributed by atoms with Gasteiger partial charge in [0.1, 0.15) is 5.52 Å². The summed E-state index contributed by atoms with van der Waals surface area (Å²) in [5.74, 6) is 1.16. The van der Waals surface area contributed by atoms with E-state index in [1.54, 1.807) is 18.3 Å². The molecule has 0 spiro atoms. The van der Waals surface area contributed by atoms with E-state index >= 15 is 0 Å². The predicted molar refractivity (Wildman–Crippen MR) is 147 cm³/mol. The van der Waals surface area contributed by atoms with Crippen LogP contribution in [0.5, 0.6) is 0 Å². The number of aromatic amines is 1. The maximum Gasteiger partial charge on any atom is 0.278 e. The predicted octanol–water partition coefficient (Wildman–Crippen LogP) is 4.52. The molecule has 12 heteroatoms. The average molecular weight is 563 g/mol. The highest BCUT2D eigenvalue weighted by molar-refractivity contribution is 6.42. The summed E-state index contributed by atoms with van der Waals surface area (Å²) in [6.45, 7) is 5.99. The van der Waals surface area contributed by atoms with Crippen molar-refractivity contribution in [2.45, 2.75) is 38.3 Å². The van der Waals surface area contributed by atoms with Crippen LogP contribution in [0.4, 0.5) is 5.95 Å². The lowest BCUT2D eigenvalue weighted by atomic mass is 9.97. The molecule has 1 atom stereocenters. The first-order chi connectivity index (χ1) is 16.1. The van der Waals surface area contributed by atoms with Gasteiger partial charge in [-0.3, -0.25) is 14.5 Å². The van der Waals surface area contributed by atoms with Crippen LogP contribution in [0.25, 0.3) is 11.0 Å². The van der Waals surface area contributed by atoms with Crippen molar-refractivity contribution in [3.05, 3.63) is 50.4 Å². The molecule has 1 aromatic carbocycles. The molecule has 35 heavy (non-hydrogen) atoms. The van der Waals surface area contributed by atoms with Crippen LogP contribution in [-0.4, -0.2) is 57.4 Å². The van der Waals surface area contributed by atoms with E-state index < -0.39 is 0 Å². The maximum absolute atomic E-state index is 12.9. The summed E-state index contributed by atoms with van der Waals surface area (Å²) in [6.07, 6.45) is 6.27. The summed E-state index contributed by atoms with van der Waals surface area (Å²) < 4.78 is 1.88. The monoisotopic (exact) mass is 561 g/mol. The van der Waals surface area contributed by atoms with Gasteiger partial charge in [-0.1, -0.05) is 29.3 Å². The quantitative estimate of drug-likeness (QED) is 0.409. The van der Waals surface area contributed by atoms with Crippen molar-refractivity contribution in [1.82, 2.24) is 30.0 Å². The SMILES string of the molecule is Cl.Cl.O=c1[nH]c(NCc2ccc(Cl)c(Cl)c2)nc2cnn(C3CCN(CC4CCCNC4)CC3)c12. The summed E-state index contributed by atoms with van der Waals surface area (Å²) in [6, 6.07) is 5.65. The lowest BCUT2D eigenvalue weighted by Gasteiger charge is -2.35. The third-order valence-electron chi connectivity index (χ3n) is 6.72. The Hall–Kier alpha value is -1.55. The molecule has 8 nitrogen and oxygen atoms in total. The molecule has 0 bridgehead atoms. The Labute approximate surface area is 227 Å². The molecule has 192 valence electrons. The molecule has 0 amide bonds. The van der Waals surface area contributed by atoms with E-state index in [1.807, 2.05) is 10.7 Å². The van der Waals surface area contributed by atoms with Crippen molar-refractivity contribution in [1.29, 1.82) is 0 Å². The zero-order chi connectivity index (χ0) is 22.8. The Balaban J connectivity index is 0.00000171. The number of benzene rings is 1. The van der Waals surface area contributed by atoms with Crippen molar-refractivity contribution < 1.29 is 0 Å². The molecule has 1 unspecified atom stereocenters. The fourth-order valence-electron chi connectivity index (χ4n) is 4.96. The van der Waals surface area contributed by atoms with Gasteiger partial charge in [-0.15, -0.1) is 24.8 Å². The van der Waals surface area contributed by atoms with Gasteiger partial charge in [-0.2, -0.15) is 5.10 Å². The van der Waals surface area contributed by atoms with Crippen LogP contribution < -0.4 is 16.2 Å². The van der Waals surface area contributed by atoms with Crippen molar-refractivity contribution in [3.63, 3.8) is 0 Å². The highest BCUT2D eigenvalue weighted by atomic mass is 35.5. The number of H-pyrrole nitrogens is 1. The molecule has 0 saturated carbocycles. The highest BCUT2D eigenvalue weighted by Gasteiger charge is 2.26. The third kappa shape index (κ3) is 6.61. The van der Waals surface area contributed by atoms with Crippen LogP contribution >= 0.6 is 48.0 Å². The number of nitrogens with one attached hydrogen (secondary N) is 3. The fourth-order valence-corrected chi connectivity index (χ4v) is 5.28. The number of fused-ring (bicyclic) bond motifs is 1. The first-order valence-electron chi connectivity index (χ1n) is 11.7. The summed E-state index contributed by atoms with van der Waals surface area (Å²) in [4.78, 5) is 22.9. The molecule has 0 radical (unpaired) electrons. The molecule has 3 aromatic rings. The van der Waals surface area contributed by atoms with Gasteiger partial charge in [-0.05, 0) is 62.4 Å². The summed E-state index contributed by atoms with van der Waals surface area (Å²) in [5.41, 5.74) is 1.92. The van der Waals surface area contributed by atoms with Gasteiger partial charge in [-0.25, -0.2) is 4.98 Å². The van der Waals surface area contributed by atoms with E-state index in [1.165, 1.54) is 12.8 Å². The largest absolute Gasteiger partial charge is 0.352 e. The molecular weight excluding hydrogens is 532 g/mol. The zero-order valence-electron chi connectivity index (χ0n) is 19.3. The van der Waals surface area contributed by atoms with Gasteiger partial charge in [0.2, 0.25) is 5.95 Å². The molecule has 0 aliphatic carbocycles. The number of hydrogen-bond donors (Lipinski definition) is 3. The topological polar surface area (TPSA) is 90.9 Å². The van der Waals surface area contributed by atoms with E-state index in [0.29, 0.717) is 33.6 Å².